The Hall–Kier alpha value is -1.47. The van der Waals surface area contributed by atoms with Crippen molar-refractivity contribution in [3.05, 3.63) is 27.4 Å². The summed E-state index contributed by atoms with van der Waals surface area (Å²) < 4.78 is 20.2. The second kappa shape index (κ2) is 6.53. The average Bonchev–Trinajstić information content (AvgIpc) is 2.43. The topological polar surface area (TPSA) is 59.9 Å². The molecule has 112 valence electrons. The molecule has 0 saturated carbocycles. The third kappa shape index (κ3) is 3.59. The Morgan fingerprint density at radius 1 is 1.29 bits per heavy atom. The van der Waals surface area contributed by atoms with Crippen LogP contribution in [0, 0.1) is 5.82 Å². The zero-order chi connectivity index (χ0) is 15.6. The summed E-state index contributed by atoms with van der Waals surface area (Å²) in [5, 5.41) is 2.77. The van der Waals surface area contributed by atoms with Crippen molar-refractivity contribution in [2.24, 2.45) is 0 Å². The van der Waals surface area contributed by atoms with Crippen LogP contribution in [-0.4, -0.2) is 28.1 Å². The highest BCUT2D eigenvalue weighted by Gasteiger charge is 2.17. The smallest absolute Gasteiger partial charge is 0.322 e. The highest BCUT2D eigenvalue weighted by Crippen LogP contribution is 2.32. The molecule has 0 radical (unpaired) electrons. The number of aromatic nitrogens is 3. The van der Waals surface area contributed by atoms with Crippen LogP contribution < -0.4 is 10.1 Å². The van der Waals surface area contributed by atoms with Crippen molar-refractivity contribution >= 4 is 33.5 Å². The van der Waals surface area contributed by atoms with E-state index in [0.717, 1.165) is 0 Å². The summed E-state index contributed by atoms with van der Waals surface area (Å²) in [4.78, 5) is 12.3. The molecule has 0 aliphatic heterocycles. The first kappa shape index (κ1) is 15.9. The van der Waals surface area contributed by atoms with Gasteiger partial charge in [-0.1, -0.05) is 11.6 Å². The zero-order valence-corrected chi connectivity index (χ0v) is 14.0. The minimum atomic E-state index is -0.602. The summed E-state index contributed by atoms with van der Waals surface area (Å²) in [7, 11) is 1.66. The first-order valence-electron chi connectivity index (χ1n) is 6.16. The summed E-state index contributed by atoms with van der Waals surface area (Å²) in [5.74, 6) is -0.166. The average molecular weight is 376 g/mol. The van der Waals surface area contributed by atoms with Gasteiger partial charge in [0.05, 0.1) is 16.7 Å². The van der Waals surface area contributed by atoms with Crippen LogP contribution in [0.5, 0.6) is 6.01 Å². The predicted molar refractivity (Wildman–Crippen MR) is 83.2 cm³/mol. The lowest BCUT2D eigenvalue weighted by molar-refractivity contribution is 0.222. The third-order valence-electron chi connectivity index (χ3n) is 2.46. The Labute approximate surface area is 135 Å². The number of anilines is 1. The molecule has 2 rings (SSSR count). The summed E-state index contributed by atoms with van der Waals surface area (Å²) in [6.07, 6.45) is -0.108. The molecular weight excluding hydrogens is 363 g/mol. The summed E-state index contributed by atoms with van der Waals surface area (Å²) in [6.45, 7) is 3.69. The van der Waals surface area contributed by atoms with Crippen molar-refractivity contribution in [1.82, 2.24) is 15.0 Å². The van der Waals surface area contributed by atoms with E-state index < -0.39 is 5.82 Å². The number of nitrogens with one attached hydrogen (secondary N) is 1. The van der Waals surface area contributed by atoms with Crippen LogP contribution in [0.15, 0.2) is 16.6 Å². The predicted octanol–water partition coefficient (Wildman–Crippen LogP) is 3.92. The number of benzene rings is 1. The van der Waals surface area contributed by atoms with Crippen LogP contribution >= 0.6 is 27.5 Å². The minimum Gasteiger partial charge on any atom is -0.461 e. The molecule has 1 aromatic carbocycles. The molecular formula is C13H13BrClFN4O. The van der Waals surface area contributed by atoms with Gasteiger partial charge in [0.1, 0.15) is 0 Å². The van der Waals surface area contributed by atoms with E-state index >= 15 is 0 Å². The van der Waals surface area contributed by atoms with Crippen LogP contribution in [0.4, 0.5) is 10.3 Å². The maximum Gasteiger partial charge on any atom is 0.322 e. The summed E-state index contributed by atoms with van der Waals surface area (Å²) in [5.41, 5.74) is 0.177. The largest absolute Gasteiger partial charge is 0.461 e. The number of halogens is 3. The second-order valence-corrected chi connectivity index (χ2v) is 5.64. The number of ether oxygens (including phenoxy) is 1. The van der Waals surface area contributed by atoms with Gasteiger partial charge in [0.2, 0.25) is 5.95 Å². The van der Waals surface area contributed by atoms with Gasteiger partial charge >= 0.3 is 6.01 Å². The minimum absolute atomic E-state index is 0.0229. The molecule has 0 bridgehead atoms. The van der Waals surface area contributed by atoms with Gasteiger partial charge < -0.3 is 10.1 Å². The molecule has 2 aromatic rings. The molecule has 5 nitrogen and oxygen atoms in total. The first-order chi connectivity index (χ1) is 9.92. The lowest BCUT2D eigenvalue weighted by Gasteiger charge is -2.11. The molecule has 0 fully saturated rings. The quantitative estimate of drug-likeness (QED) is 0.821. The number of hydrogen-bond donors (Lipinski definition) is 1. The van der Waals surface area contributed by atoms with E-state index in [2.05, 4.69) is 36.2 Å². The zero-order valence-electron chi connectivity index (χ0n) is 11.6. The van der Waals surface area contributed by atoms with Gasteiger partial charge in [-0.15, -0.1) is 0 Å². The standard InChI is InChI=1S/C13H13BrClFN4O/c1-6(2)21-13-19-11(18-12(17-3)20-13)7-4-5-8(14)9(15)10(7)16/h4-6H,1-3H3,(H,17,18,19,20). The molecule has 1 N–H and O–H groups in total. The van der Waals surface area contributed by atoms with Gasteiger partial charge in [-0.05, 0) is 41.9 Å². The van der Waals surface area contributed by atoms with E-state index in [4.69, 9.17) is 16.3 Å². The van der Waals surface area contributed by atoms with Gasteiger partial charge in [0, 0.05) is 11.5 Å². The van der Waals surface area contributed by atoms with Crippen LogP contribution in [0.25, 0.3) is 11.4 Å². The van der Waals surface area contributed by atoms with Crippen molar-refractivity contribution in [1.29, 1.82) is 0 Å². The van der Waals surface area contributed by atoms with E-state index in [0.29, 0.717) is 4.47 Å². The van der Waals surface area contributed by atoms with Crippen LogP contribution in [0.2, 0.25) is 5.02 Å². The van der Waals surface area contributed by atoms with Gasteiger partial charge in [0.25, 0.3) is 0 Å². The third-order valence-corrected chi connectivity index (χ3v) is 3.71. The fraction of sp³-hybridized carbons (Fsp3) is 0.308. The Morgan fingerprint density at radius 3 is 2.62 bits per heavy atom. The number of hydrogen-bond acceptors (Lipinski definition) is 5. The van der Waals surface area contributed by atoms with E-state index in [1.165, 1.54) is 0 Å². The maximum atomic E-state index is 14.3. The number of nitrogens with zero attached hydrogens (tertiary/aromatic N) is 3. The Bertz CT molecular complexity index is 669. The van der Waals surface area contributed by atoms with Crippen LogP contribution in [0.3, 0.4) is 0 Å². The molecule has 21 heavy (non-hydrogen) atoms. The SMILES string of the molecule is CNc1nc(OC(C)C)nc(-c2ccc(Br)c(Cl)c2F)n1. The summed E-state index contributed by atoms with van der Waals surface area (Å²) >= 11 is 9.06. The molecule has 0 aliphatic carbocycles. The second-order valence-electron chi connectivity index (χ2n) is 4.40. The maximum absolute atomic E-state index is 14.3. The molecule has 1 aromatic heterocycles. The van der Waals surface area contributed by atoms with Crippen LogP contribution in [0.1, 0.15) is 13.8 Å². The van der Waals surface area contributed by atoms with Crippen molar-refractivity contribution in [3.8, 4) is 17.4 Å². The van der Waals surface area contributed by atoms with E-state index in [1.54, 1.807) is 19.2 Å². The molecule has 0 aliphatic rings. The Morgan fingerprint density at radius 2 is 2.00 bits per heavy atom. The molecule has 0 saturated heterocycles. The van der Waals surface area contributed by atoms with Gasteiger partial charge in [-0.2, -0.15) is 15.0 Å². The summed E-state index contributed by atoms with van der Waals surface area (Å²) in [6, 6.07) is 3.30. The van der Waals surface area contributed by atoms with Gasteiger partial charge in [0.15, 0.2) is 11.6 Å². The normalized spacial score (nSPS) is 10.8. The van der Waals surface area contributed by atoms with E-state index in [9.17, 15) is 4.39 Å². The molecule has 0 unspecified atom stereocenters. The molecule has 1 heterocycles. The van der Waals surface area contributed by atoms with Crippen molar-refractivity contribution in [2.45, 2.75) is 20.0 Å². The van der Waals surface area contributed by atoms with E-state index in [1.807, 2.05) is 13.8 Å². The lowest BCUT2D eigenvalue weighted by atomic mass is 10.2. The van der Waals surface area contributed by atoms with Crippen LogP contribution in [-0.2, 0) is 0 Å². The fourth-order valence-corrected chi connectivity index (χ4v) is 2.02. The molecule has 8 heteroatoms. The van der Waals surface area contributed by atoms with Crippen molar-refractivity contribution < 1.29 is 9.13 Å². The van der Waals surface area contributed by atoms with Gasteiger partial charge in [-0.3, -0.25) is 0 Å². The monoisotopic (exact) mass is 374 g/mol. The van der Waals surface area contributed by atoms with E-state index in [-0.39, 0.29) is 34.5 Å². The highest BCUT2D eigenvalue weighted by molar-refractivity contribution is 9.10. The lowest BCUT2D eigenvalue weighted by Crippen LogP contribution is -2.11. The molecule has 0 atom stereocenters. The molecule has 0 spiro atoms. The fourth-order valence-electron chi connectivity index (χ4n) is 1.55. The highest BCUT2D eigenvalue weighted by atomic mass is 79.9. The Kier molecular flexibility index (Phi) is 4.95. The van der Waals surface area contributed by atoms with Gasteiger partial charge in [-0.25, -0.2) is 4.39 Å². The Balaban J connectivity index is 2.55. The molecule has 0 amide bonds. The van der Waals surface area contributed by atoms with Crippen molar-refractivity contribution in [3.63, 3.8) is 0 Å². The number of rotatable bonds is 4. The first-order valence-corrected chi connectivity index (χ1v) is 7.33. The van der Waals surface area contributed by atoms with Crippen molar-refractivity contribution in [2.75, 3.05) is 12.4 Å².